The second-order valence-electron chi connectivity index (χ2n) is 7.13. The number of hydrogen-bond donors (Lipinski definition) is 0. The number of aromatic nitrogens is 3. The van der Waals surface area contributed by atoms with Gasteiger partial charge in [0.15, 0.2) is 11.6 Å². The normalized spacial score (nSPS) is 18.5. The molecule has 0 atom stereocenters. The average molecular weight is 360 g/mol. The van der Waals surface area contributed by atoms with Gasteiger partial charge in [0.1, 0.15) is 11.6 Å². The zero-order chi connectivity index (χ0) is 18.1. The molecule has 0 N–H and O–H groups in total. The molecule has 7 heteroatoms. The first-order valence-corrected chi connectivity index (χ1v) is 9.30. The van der Waals surface area contributed by atoms with Crippen LogP contribution in [0.4, 0.5) is 8.78 Å². The lowest BCUT2D eigenvalue weighted by molar-refractivity contribution is 0.0709. The Kier molecular flexibility index (Phi) is 4.70. The Labute approximate surface area is 151 Å². The molecule has 3 heterocycles. The van der Waals surface area contributed by atoms with E-state index in [1.807, 2.05) is 0 Å². The summed E-state index contributed by atoms with van der Waals surface area (Å²) < 4.78 is 28.7. The van der Waals surface area contributed by atoms with Crippen molar-refractivity contribution in [3.63, 3.8) is 0 Å². The monoisotopic (exact) mass is 360 g/mol. The van der Waals surface area contributed by atoms with Crippen molar-refractivity contribution in [3.05, 3.63) is 47.0 Å². The molecule has 0 aliphatic carbocycles. The van der Waals surface area contributed by atoms with Crippen molar-refractivity contribution in [1.29, 1.82) is 0 Å². The largest absolute Gasteiger partial charge is 0.339 e. The van der Waals surface area contributed by atoms with E-state index in [4.69, 9.17) is 0 Å². The Morgan fingerprint density at radius 3 is 2.58 bits per heavy atom. The summed E-state index contributed by atoms with van der Waals surface area (Å²) in [5.74, 6) is 0.245. The first kappa shape index (κ1) is 17.1. The molecule has 0 spiro atoms. The topological polar surface area (TPSA) is 51.0 Å². The summed E-state index contributed by atoms with van der Waals surface area (Å²) in [6.07, 6.45) is 6.16. The summed E-state index contributed by atoms with van der Waals surface area (Å²) in [7, 11) is 0. The molecule has 1 aromatic heterocycles. The SMILES string of the molecule is O=C(c1ccc(F)c(F)c1)N1CCC(c2nnc3n2CCCCC3)CC1. The fourth-order valence-corrected chi connectivity index (χ4v) is 3.96. The quantitative estimate of drug-likeness (QED) is 0.826. The average Bonchev–Trinajstić information content (AvgIpc) is 2.92. The Morgan fingerprint density at radius 2 is 1.81 bits per heavy atom. The van der Waals surface area contributed by atoms with E-state index < -0.39 is 11.6 Å². The van der Waals surface area contributed by atoms with E-state index in [1.54, 1.807) is 4.90 Å². The molecule has 1 aromatic carbocycles. The number of carbonyl (C=O) groups is 1. The Morgan fingerprint density at radius 1 is 1.00 bits per heavy atom. The first-order chi connectivity index (χ1) is 12.6. The molecule has 2 aliphatic heterocycles. The first-order valence-electron chi connectivity index (χ1n) is 9.30. The highest BCUT2D eigenvalue weighted by Crippen LogP contribution is 2.29. The van der Waals surface area contributed by atoms with Crippen molar-refractivity contribution in [1.82, 2.24) is 19.7 Å². The lowest BCUT2D eigenvalue weighted by atomic mass is 9.95. The number of rotatable bonds is 2. The Hall–Kier alpha value is -2.31. The molecule has 0 saturated carbocycles. The molecular weight excluding hydrogens is 338 g/mol. The summed E-state index contributed by atoms with van der Waals surface area (Å²) in [5.41, 5.74) is 0.193. The van der Waals surface area contributed by atoms with Gasteiger partial charge in [-0.2, -0.15) is 0 Å². The number of amides is 1. The number of carbonyl (C=O) groups excluding carboxylic acids is 1. The maximum atomic E-state index is 13.4. The molecule has 2 aromatic rings. The number of halogens is 2. The van der Waals surface area contributed by atoms with Gasteiger partial charge in [-0.25, -0.2) is 8.78 Å². The van der Waals surface area contributed by atoms with Gasteiger partial charge in [0.25, 0.3) is 5.91 Å². The number of aryl methyl sites for hydroxylation is 1. The molecule has 138 valence electrons. The van der Waals surface area contributed by atoms with E-state index in [0.29, 0.717) is 19.0 Å². The van der Waals surface area contributed by atoms with Crippen LogP contribution in [0.1, 0.15) is 60.0 Å². The van der Waals surface area contributed by atoms with Gasteiger partial charge in [-0.05, 0) is 43.9 Å². The van der Waals surface area contributed by atoms with Crippen LogP contribution < -0.4 is 0 Å². The van der Waals surface area contributed by atoms with E-state index in [9.17, 15) is 13.6 Å². The second-order valence-corrected chi connectivity index (χ2v) is 7.13. The molecule has 1 fully saturated rings. The molecular formula is C19H22F2N4O. The predicted octanol–water partition coefficient (Wildman–Crippen LogP) is 3.30. The maximum Gasteiger partial charge on any atom is 0.253 e. The van der Waals surface area contributed by atoms with Crippen molar-refractivity contribution in [2.75, 3.05) is 13.1 Å². The molecule has 1 amide bonds. The van der Waals surface area contributed by atoms with Crippen LogP contribution in [0.15, 0.2) is 18.2 Å². The standard InChI is InChI=1S/C19H22F2N4O/c20-15-6-5-14(12-16(15)21)19(26)24-10-7-13(8-11-24)18-23-22-17-4-2-1-3-9-25(17)18/h5-6,12-13H,1-4,7-11H2. The zero-order valence-electron chi connectivity index (χ0n) is 14.6. The van der Waals surface area contributed by atoms with Crippen LogP contribution in [0.5, 0.6) is 0 Å². The second kappa shape index (κ2) is 7.13. The fourth-order valence-electron chi connectivity index (χ4n) is 3.96. The highest BCUT2D eigenvalue weighted by atomic mass is 19.2. The fraction of sp³-hybridized carbons (Fsp3) is 0.526. The van der Waals surface area contributed by atoms with Crippen molar-refractivity contribution < 1.29 is 13.6 Å². The lowest BCUT2D eigenvalue weighted by Crippen LogP contribution is -2.38. The molecule has 0 bridgehead atoms. The molecule has 1 saturated heterocycles. The van der Waals surface area contributed by atoms with Crippen molar-refractivity contribution >= 4 is 5.91 Å². The summed E-state index contributed by atoms with van der Waals surface area (Å²) in [6.45, 7) is 2.15. The third-order valence-electron chi connectivity index (χ3n) is 5.45. The molecule has 0 unspecified atom stereocenters. The minimum atomic E-state index is -0.989. The van der Waals surface area contributed by atoms with Gasteiger partial charge in [0.05, 0.1) is 0 Å². The molecule has 26 heavy (non-hydrogen) atoms. The minimum Gasteiger partial charge on any atom is -0.339 e. The number of benzene rings is 1. The van der Waals surface area contributed by atoms with Gasteiger partial charge >= 0.3 is 0 Å². The van der Waals surface area contributed by atoms with Crippen LogP contribution in [-0.2, 0) is 13.0 Å². The number of fused-ring (bicyclic) bond motifs is 1. The molecule has 0 radical (unpaired) electrons. The van der Waals surface area contributed by atoms with E-state index in [0.717, 1.165) is 56.0 Å². The van der Waals surface area contributed by atoms with Gasteiger partial charge in [0, 0.05) is 37.5 Å². The zero-order valence-corrected chi connectivity index (χ0v) is 14.6. The summed E-state index contributed by atoms with van der Waals surface area (Å²) in [6, 6.07) is 3.31. The van der Waals surface area contributed by atoms with Gasteiger partial charge in [0.2, 0.25) is 0 Å². The van der Waals surface area contributed by atoms with E-state index in [2.05, 4.69) is 14.8 Å². The third-order valence-corrected chi connectivity index (χ3v) is 5.45. The summed E-state index contributed by atoms with van der Waals surface area (Å²) in [4.78, 5) is 14.2. The van der Waals surface area contributed by atoms with E-state index in [-0.39, 0.29) is 11.5 Å². The van der Waals surface area contributed by atoms with Crippen LogP contribution >= 0.6 is 0 Å². The van der Waals surface area contributed by atoms with Crippen molar-refractivity contribution in [2.45, 2.75) is 51.0 Å². The van der Waals surface area contributed by atoms with Crippen LogP contribution in [0.2, 0.25) is 0 Å². The van der Waals surface area contributed by atoms with Crippen molar-refractivity contribution in [2.24, 2.45) is 0 Å². The smallest absolute Gasteiger partial charge is 0.253 e. The third kappa shape index (κ3) is 3.22. The van der Waals surface area contributed by atoms with E-state index in [1.165, 1.54) is 18.9 Å². The van der Waals surface area contributed by atoms with E-state index >= 15 is 0 Å². The summed E-state index contributed by atoms with van der Waals surface area (Å²) >= 11 is 0. The number of nitrogens with zero attached hydrogens (tertiary/aromatic N) is 4. The van der Waals surface area contributed by atoms with Gasteiger partial charge in [-0.1, -0.05) is 6.42 Å². The van der Waals surface area contributed by atoms with Gasteiger partial charge < -0.3 is 9.47 Å². The number of hydrogen-bond acceptors (Lipinski definition) is 3. The van der Waals surface area contributed by atoms with Crippen molar-refractivity contribution in [3.8, 4) is 0 Å². The molecule has 2 aliphatic rings. The summed E-state index contributed by atoms with van der Waals surface area (Å²) in [5, 5.41) is 8.80. The van der Waals surface area contributed by atoms with Crippen LogP contribution in [-0.4, -0.2) is 38.7 Å². The van der Waals surface area contributed by atoms with Gasteiger partial charge in [-0.3, -0.25) is 4.79 Å². The Bertz CT molecular complexity index is 812. The lowest BCUT2D eigenvalue weighted by Gasteiger charge is -2.31. The number of piperidine rings is 1. The van der Waals surface area contributed by atoms with Crippen LogP contribution in [0, 0.1) is 11.6 Å². The Balaban J connectivity index is 1.43. The number of likely N-dealkylation sites (tertiary alicyclic amines) is 1. The minimum absolute atomic E-state index is 0.193. The van der Waals surface area contributed by atoms with Crippen LogP contribution in [0.25, 0.3) is 0 Å². The highest BCUT2D eigenvalue weighted by molar-refractivity contribution is 5.94. The predicted molar refractivity (Wildman–Crippen MR) is 91.8 cm³/mol. The van der Waals surface area contributed by atoms with Crippen LogP contribution in [0.3, 0.4) is 0 Å². The molecule has 5 nitrogen and oxygen atoms in total. The van der Waals surface area contributed by atoms with Gasteiger partial charge in [-0.15, -0.1) is 10.2 Å². The maximum absolute atomic E-state index is 13.4. The highest BCUT2D eigenvalue weighted by Gasteiger charge is 2.29. The molecule has 4 rings (SSSR count).